The highest BCUT2D eigenvalue weighted by atomic mass is 16.3. The Morgan fingerprint density at radius 2 is 2.19 bits per heavy atom. The summed E-state index contributed by atoms with van der Waals surface area (Å²) in [5.41, 5.74) is -2.85. The van der Waals surface area contributed by atoms with E-state index in [9.17, 15) is 19.5 Å². The Morgan fingerprint density at radius 3 is 2.88 bits per heavy atom. The van der Waals surface area contributed by atoms with Gasteiger partial charge in [-0.1, -0.05) is 37.9 Å². The summed E-state index contributed by atoms with van der Waals surface area (Å²) in [5, 5.41) is 13.5. The molecule has 1 aliphatic rings. The van der Waals surface area contributed by atoms with Crippen LogP contribution in [0.2, 0.25) is 0 Å². The van der Waals surface area contributed by atoms with Gasteiger partial charge in [0.1, 0.15) is 18.1 Å². The van der Waals surface area contributed by atoms with Crippen LogP contribution in [-0.4, -0.2) is 53.3 Å². The van der Waals surface area contributed by atoms with Crippen molar-refractivity contribution >= 4 is 17.7 Å². The standard InChI is InChI=1S/C19H27N3O4/c1-11(2)16(23)18(25)20-12(3)17(24)21-15-14-8-6-5-7-13(14)9-10-22(4)19(15)26/h5-8,11-12,15-16,23H,9-10H2,1-4H3,(H,20,25)(H,21,24)/t12-,15-,16-/m0/s1/i1D3,2D3,4D3,5D,6D,7D,8D,9D2,10D2,11D,15D,16D. The van der Waals surface area contributed by atoms with Gasteiger partial charge in [-0.2, -0.15) is 0 Å². The molecule has 7 nitrogen and oxygen atoms in total. The van der Waals surface area contributed by atoms with Crippen LogP contribution in [0, 0.1) is 5.89 Å². The molecule has 3 atom stereocenters. The summed E-state index contributed by atoms with van der Waals surface area (Å²) in [4.78, 5) is 39.0. The van der Waals surface area contributed by atoms with Gasteiger partial charge in [0.15, 0.2) is 0 Å². The lowest BCUT2D eigenvalue weighted by atomic mass is 9.99. The van der Waals surface area contributed by atoms with Crippen LogP contribution < -0.4 is 10.6 Å². The molecule has 1 aromatic carbocycles. The quantitative estimate of drug-likeness (QED) is 0.687. The zero-order valence-corrected chi connectivity index (χ0v) is 13.2. The number of carbonyl (C=O) groups is 3. The lowest BCUT2D eigenvalue weighted by Gasteiger charge is -2.24. The highest BCUT2D eigenvalue weighted by Crippen LogP contribution is 2.24. The molecular formula is C19H27N3O4. The second kappa shape index (κ2) is 8.31. The minimum Gasteiger partial charge on any atom is -0.383 e. The van der Waals surface area contributed by atoms with Gasteiger partial charge in [-0.05, 0) is 30.3 Å². The van der Waals surface area contributed by atoms with E-state index in [-0.39, 0.29) is 0 Å². The van der Waals surface area contributed by atoms with E-state index in [4.69, 9.17) is 27.4 Å². The first-order chi connectivity index (χ1) is 20.1. The van der Waals surface area contributed by atoms with Gasteiger partial charge in [-0.25, -0.2) is 0 Å². The minimum absolute atomic E-state index is 0.686. The van der Waals surface area contributed by atoms with Crippen molar-refractivity contribution in [2.45, 2.75) is 45.1 Å². The summed E-state index contributed by atoms with van der Waals surface area (Å²) in [5.74, 6) is -10.6. The van der Waals surface area contributed by atoms with Gasteiger partial charge in [0.25, 0.3) is 0 Å². The Labute approximate surface area is 181 Å². The Balaban J connectivity index is 2.80. The molecule has 0 saturated heterocycles. The highest BCUT2D eigenvalue weighted by molar-refractivity contribution is 5.93. The van der Waals surface area contributed by atoms with Crippen LogP contribution in [-0.2, 0) is 20.8 Å². The SMILES string of the molecule is [2H]c1c([2H])c([2H])c2c(c1[2H])C([2H])([2H])C([2H])([2H])N(C([2H])([2H])[2H])C(=O)[C@@]2([2H])NC(=O)[C@H](C)NC(=O)[C@@]([2H])(O)C([2H])(C([2H])([2H])[2H])C([2H])([2H])[2H]. The second-order valence-corrected chi connectivity index (χ2v) is 4.91. The maximum atomic E-state index is 13.7. The van der Waals surface area contributed by atoms with Gasteiger partial charge in [-0.3, -0.25) is 14.4 Å². The number of amides is 3. The van der Waals surface area contributed by atoms with Crippen molar-refractivity contribution in [3.8, 4) is 0 Å². The Hall–Kier alpha value is -2.41. The molecule has 142 valence electrons. The maximum absolute atomic E-state index is 13.7. The Bertz CT molecular complexity index is 1440. The normalized spacial score (nSPS) is 40.4. The van der Waals surface area contributed by atoms with E-state index >= 15 is 0 Å². The maximum Gasteiger partial charge on any atom is 0.249 e. The molecule has 0 bridgehead atoms. The first-order valence-electron chi connectivity index (χ1n) is 16.9. The molecule has 1 heterocycles. The Kier molecular flexibility index (Phi) is 1.94. The van der Waals surface area contributed by atoms with Gasteiger partial charge in [-0.15, -0.1) is 0 Å². The molecule has 0 radical (unpaired) electrons. The summed E-state index contributed by atoms with van der Waals surface area (Å²) in [6, 6.07) is -11.2. The first kappa shape index (κ1) is 6.05. The second-order valence-electron chi connectivity index (χ2n) is 4.91. The summed E-state index contributed by atoms with van der Waals surface area (Å²) in [7, 11) is 0. The number of benzene rings is 1. The topological polar surface area (TPSA) is 98.7 Å². The van der Waals surface area contributed by atoms with E-state index in [1.54, 1.807) is 5.32 Å². The number of carbonyl (C=O) groups excluding carboxylic acids is 3. The summed E-state index contributed by atoms with van der Waals surface area (Å²) in [6.07, 6.45) is -8.15. The van der Waals surface area contributed by atoms with Crippen LogP contribution in [0.4, 0.5) is 0 Å². The fourth-order valence-corrected chi connectivity index (χ4v) is 1.77. The van der Waals surface area contributed by atoms with Crippen LogP contribution >= 0.6 is 0 Å². The molecule has 0 fully saturated rings. The molecule has 26 heavy (non-hydrogen) atoms. The predicted octanol–water partition coefficient (Wildman–Crippen LogP) is 0.380. The average molecular weight is 382 g/mol. The number of hydrogen-bond acceptors (Lipinski definition) is 4. The monoisotopic (exact) mass is 381 g/mol. The third-order valence-electron chi connectivity index (χ3n) is 3.09. The van der Waals surface area contributed by atoms with Crippen molar-refractivity contribution in [3.05, 3.63) is 35.3 Å². The van der Waals surface area contributed by atoms with Crippen molar-refractivity contribution in [3.63, 3.8) is 0 Å². The molecule has 7 heteroatoms. The zero-order valence-electron chi connectivity index (χ0n) is 33.2. The summed E-state index contributed by atoms with van der Waals surface area (Å²) in [6.45, 7) is -15.3. The number of aliphatic hydroxyl groups is 1. The molecule has 1 aliphatic heterocycles. The molecule has 0 unspecified atom stereocenters. The molecule has 0 spiro atoms. The van der Waals surface area contributed by atoms with Gasteiger partial charge >= 0.3 is 0 Å². The molecule has 0 saturated carbocycles. The molecular weight excluding hydrogens is 334 g/mol. The minimum atomic E-state index is -4.34. The van der Waals surface area contributed by atoms with E-state index in [0.717, 1.165) is 0 Å². The zero-order chi connectivity index (χ0) is 36.8. The van der Waals surface area contributed by atoms with Crippen LogP contribution in [0.5, 0.6) is 0 Å². The van der Waals surface area contributed by atoms with E-state index in [0.29, 0.717) is 6.92 Å². The summed E-state index contributed by atoms with van der Waals surface area (Å²) < 4.78 is 158. The van der Waals surface area contributed by atoms with E-state index in [2.05, 4.69) is 0 Å². The van der Waals surface area contributed by atoms with Crippen LogP contribution in [0.15, 0.2) is 24.2 Å². The van der Waals surface area contributed by atoms with E-state index in [1.807, 2.05) is 0 Å². The lowest BCUT2D eigenvalue weighted by molar-refractivity contribution is -0.137. The van der Waals surface area contributed by atoms with Crippen molar-refractivity contribution in [1.82, 2.24) is 15.5 Å². The highest BCUT2D eigenvalue weighted by Gasteiger charge is 2.32. The van der Waals surface area contributed by atoms with Gasteiger partial charge in [0.05, 0.1) is 8.22 Å². The van der Waals surface area contributed by atoms with Crippen molar-refractivity contribution < 1.29 is 46.9 Å². The number of hydrogen-bond donors (Lipinski definition) is 3. The number of nitrogens with zero attached hydrogens (tertiary/aromatic N) is 1. The van der Waals surface area contributed by atoms with Crippen LogP contribution in [0.25, 0.3) is 0 Å². The molecule has 0 aliphatic carbocycles. The van der Waals surface area contributed by atoms with Gasteiger partial charge in [0.2, 0.25) is 17.7 Å². The first-order valence-corrected chi connectivity index (χ1v) is 6.91. The third-order valence-corrected chi connectivity index (χ3v) is 3.09. The number of fused-ring (bicyclic) bond motifs is 1. The van der Waals surface area contributed by atoms with E-state index in [1.165, 1.54) is 5.32 Å². The number of rotatable bonds is 5. The largest absolute Gasteiger partial charge is 0.383 e. The number of nitrogens with one attached hydrogen (secondary N) is 2. The molecule has 2 rings (SSSR count). The average Bonchev–Trinajstić information content (AvgIpc) is 2.88. The fraction of sp³-hybridized carbons (Fsp3) is 0.526. The predicted molar refractivity (Wildman–Crippen MR) is 97.1 cm³/mol. The smallest absolute Gasteiger partial charge is 0.249 e. The fourth-order valence-electron chi connectivity index (χ4n) is 1.77. The van der Waals surface area contributed by atoms with Gasteiger partial charge < -0.3 is 20.6 Å². The van der Waals surface area contributed by atoms with Crippen LogP contribution in [0.3, 0.4) is 0 Å². The Morgan fingerprint density at radius 1 is 1.46 bits per heavy atom. The summed E-state index contributed by atoms with van der Waals surface area (Å²) >= 11 is 0. The van der Waals surface area contributed by atoms with Crippen LogP contribution in [0.1, 0.15) is 65.2 Å². The molecule has 3 N–H and O–H groups in total. The molecule has 1 aromatic rings. The lowest BCUT2D eigenvalue weighted by Crippen LogP contribution is -2.51. The van der Waals surface area contributed by atoms with Crippen molar-refractivity contribution in [2.24, 2.45) is 5.89 Å². The van der Waals surface area contributed by atoms with Gasteiger partial charge in [0, 0.05) is 32.7 Å². The van der Waals surface area contributed by atoms with Crippen molar-refractivity contribution in [1.29, 1.82) is 0 Å². The van der Waals surface area contributed by atoms with E-state index < -0.39 is 116 Å². The third kappa shape index (κ3) is 4.40. The molecule has 0 aromatic heterocycles. The molecule has 3 amide bonds. The van der Waals surface area contributed by atoms with Crippen molar-refractivity contribution in [2.75, 3.05) is 13.5 Å². The number of likely N-dealkylation sites (N-methyl/N-ethyl adjacent to an activating group) is 1.